The van der Waals surface area contributed by atoms with Gasteiger partial charge in [-0.15, -0.1) is 0 Å². The van der Waals surface area contributed by atoms with Gasteiger partial charge >= 0.3 is 0 Å². The second-order valence-corrected chi connectivity index (χ2v) is 5.39. The van der Waals surface area contributed by atoms with E-state index in [-0.39, 0.29) is 6.04 Å². The Bertz CT molecular complexity index is 407. The average Bonchev–Trinajstić information content (AvgIpc) is 2.39. The summed E-state index contributed by atoms with van der Waals surface area (Å²) in [6, 6.07) is 4.14. The number of ether oxygens (including phenoxy) is 2. The number of benzene rings is 1. The molecule has 0 saturated heterocycles. The van der Waals surface area contributed by atoms with Crippen molar-refractivity contribution in [3.05, 3.63) is 22.7 Å². The summed E-state index contributed by atoms with van der Waals surface area (Å²) < 4.78 is 10.7. The van der Waals surface area contributed by atoms with E-state index in [9.17, 15) is 0 Å². The third kappa shape index (κ3) is 4.02. The first kappa shape index (κ1) is 16.1. The maximum atomic E-state index is 6.30. The SMILES string of the molecule is CNC(CCC(C)C)c1ccc(OC)c(Cl)c1OC. The summed E-state index contributed by atoms with van der Waals surface area (Å²) in [5, 5.41) is 3.87. The van der Waals surface area contributed by atoms with Gasteiger partial charge in [-0.05, 0) is 37.9 Å². The van der Waals surface area contributed by atoms with Gasteiger partial charge in [-0.2, -0.15) is 0 Å². The molecule has 1 aromatic carbocycles. The van der Waals surface area contributed by atoms with Crippen LogP contribution < -0.4 is 14.8 Å². The molecule has 0 spiro atoms. The zero-order chi connectivity index (χ0) is 14.4. The van der Waals surface area contributed by atoms with E-state index in [4.69, 9.17) is 21.1 Å². The minimum absolute atomic E-state index is 0.237. The van der Waals surface area contributed by atoms with Crippen LogP contribution in [0.15, 0.2) is 12.1 Å². The lowest BCUT2D eigenvalue weighted by atomic mass is 9.97. The Labute approximate surface area is 121 Å². The summed E-state index contributed by atoms with van der Waals surface area (Å²) in [4.78, 5) is 0. The van der Waals surface area contributed by atoms with Crippen molar-refractivity contribution < 1.29 is 9.47 Å². The van der Waals surface area contributed by atoms with Crippen LogP contribution in [0.25, 0.3) is 0 Å². The van der Waals surface area contributed by atoms with Crippen LogP contribution in [0.3, 0.4) is 0 Å². The molecule has 19 heavy (non-hydrogen) atoms. The summed E-state index contributed by atoms with van der Waals surface area (Å²) in [6.07, 6.45) is 2.20. The van der Waals surface area contributed by atoms with Crippen LogP contribution in [0, 0.1) is 5.92 Å². The minimum atomic E-state index is 0.237. The Morgan fingerprint density at radius 1 is 1.16 bits per heavy atom. The van der Waals surface area contributed by atoms with Gasteiger partial charge in [-0.3, -0.25) is 0 Å². The summed E-state index contributed by atoms with van der Waals surface area (Å²) in [7, 11) is 5.20. The fraction of sp³-hybridized carbons (Fsp3) is 0.600. The summed E-state index contributed by atoms with van der Waals surface area (Å²) in [5.41, 5.74) is 1.08. The van der Waals surface area contributed by atoms with Crippen molar-refractivity contribution in [2.24, 2.45) is 5.92 Å². The van der Waals surface area contributed by atoms with Crippen molar-refractivity contribution in [1.82, 2.24) is 5.32 Å². The molecule has 1 unspecified atom stereocenters. The van der Waals surface area contributed by atoms with Gasteiger partial charge in [0.15, 0.2) is 0 Å². The molecule has 1 N–H and O–H groups in total. The molecule has 1 atom stereocenters. The Balaban J connectivity index is 3.06. The third-order valence-corrected chi connectivity index (χ3v) is 3.63. The van der Waals surface area contributed by atoms with Gasteiger partial charge in [0.05, 0.1) is 14.2 Å². The maximum Gasteiger partial charge on any atom is 0.146 e. The highest BCUT2D eigenvalue weighted by Gasteiger charge is 2.19. The lowest BCUT2D eigenvalue weighted by Crippen LogP contribution is -2.18. The lowest BCUT2D eigenvalue weighted by molar-refractivity contribution is 0.380. The van der Waals surface area contributed by atoms with Gasteiger partial charge in [-0.25, -0.2) is 0 Å². The number of halogens is 1. The molecule has 1 rings (SSSR count). The molecule has 1 aromatic rings. The number of nitrogens with one attached hydrogen (secondary N) is 1. The van der Waals surface area contributed by atoms with Crippen LogP contribution in [0.1, 0.15) is 38.3 Å². The van der Waals surface area contributed by atoms with E-state index in [1.54, 1.807) is 14.2 Å². The van der Waals surface area contributed by atoms with Crippen LogP contribution in [-0.4, -0.2) is 21.3 Å². The zero-order valence-electron chi connectivity index (χ0n) is 12.4. The van der Waals surface area contributed by atoms with Crippen LogP contribution in [0.5, 0.6) is 11.5 Å². The predicted octanol–water partition coefficient (Wildman–Crippen LogP) is 4.05. The molecule has 0 saturated carbocycles. The van der Waals surface area contributed by atoms with E-state index < -0.39 is 0 Å². The number of hydrogen-bond acceptors (Lipinski definition) is 3. The molecule has 0 amide bonds. The second-order valence-electron chi connectivity index (χ2n) is 5.02. The molecular formula is C15H24ClNO2. The Morgan fingerprint density at radius 2 is 1.84 bits per heavy atom. The van der Waals surface area contributed by atoms with E-state index in [1.165, 1.54) is 0 Å². The smallest absolute Gasteiger partial charge is 0.146 e. The van der Waals surface area contributed by atoms with Gasteiger partial charge in [0.1, 0.15) is 16.5 Å². The highest BCUT2D eigenvalue weighted by Crippen LogP contribution is 2.40. The van der Waals surface area contributed by atoms with Crippen molar-refractivity contribution in [2.45, 2.75) is 32.7 Å². The van der Waals surface area contributed by atoms with Crippen LogP contribution in [-0.2, 0) is 0 Å². The number of hydrogen-bond donors (Lipinski definition) is 1. The zero-order valence-corrected chi connectivity index (χ0v) is 13.2. The Morgan fingerprint density at radius 3 is 2.32 bits per heavy atom. The minimum Gasteiger partial charge on any atom is -0.495 e. The van der Waals surface area contributed by atoms with E-state index in [1.807, 2.05) is 19.2 Å². The van der Waals surface area contributed by atoms with Gasteiger partial charge in [0, 0.05) is 11.6 Å². The first-order valence-electron chi connectivity index (χ1n) is 6.62. The lowest BCUT2D eigenvalue weighted by Gasteiger charge is -2.21. The molecule has 0 fully saturated rings. The van der Waals surface area contributed by atoms with Crippen molar-refractivity contribution in [1.29, 1.82) is 0 Å². The van der Waals surface area contributed by atoms with Gasteiger partial charge in [0.2, 0.25) is 0 Å². The molecule has 0 aliphatic rings. The van der Waals surface area contributed by atoms with Crippen molar-refractivity contribution >= 4 is 11.6 Å². The van der Waals surface area contributed by atoms with Gasteiger partial charge < -0.3 is 14.8 Å². The molecule has 0 aliphatic carbocycles. The van der Waals surface area contributed by atoms with Crippen LogP contribution in [0.4, 0.5) is 0 Å². The summed E-state index contributed by atoms with van der Waals surface area (Å²) in [6.45, 7) is 4.45. The standard InChI is InChI=1S/C15H24ClNO2/c1-10(2)6-8-12(17-3)11-7-9-13(18-4)14(16)15(11)19-5/h7,9-10,12,17H,6,8H2,1-5H3. The average molecular weight is 286 g/mol. The molecule has 3 nitrogen and oxygen atoms in total. The van der Waals surface area contributed by atoms with E-state index in [2.05, 4.69) is 19.2 Å². The van der Waals surface area contributed by atoms with Crippen molar-refractivity contribution in [3.63, 3.8) is 0 Å². The second kappa shape index (κ2) is 7.61. The molecule has 108 valence electrons. The van der Waals surface area contributed by atoms with E-state index in [0.717, 1.165) is 18.4 Å². The van der Waals surface area contributed by atoms with Gasteiger partial charge in [-0.1, -0.05) is 25.4 Å². The Hall–Kier alpha value is -0.930. The van der Waals surface area contributed by atoms with Crippen LogP contribution >= 0.6 is 11.6 Å². The Kier molecular flexibility index (Phi) is 6.46. The maximum absolute atomic E-state index is 6.30. The highest BCUT2D eigenvalue weighted by molar-refractivity contribution is 6.33. The monoisotopic (exact) mass is 285 g/mol. The first-order chi connectivity index (χ1) is 9.04. The fourth-order valence-electron chi connectivity index (χ4n) is 2.15. The summed E-state index contributed by atoms with van der Waals surface area (Å²) >= 11 is 6.30. The normalized spacial score (nSPS) is 12.6. The fourth-order valence-corrected chi connectivity index (χ4v) is 2.47. The predicted molar refractivity (Wildman–Crippen MR) is 80.4 cm³/mol. The topological polar surface area (TPSA) is 30.5 Å². The van der Waals surface area contributed by atoms with Crippen LogP contribution in [0.2, 0.25) is 5.02 Å². The molecule has 0 aliphatic heterocycles. The summed E-state index contributed by atoms with van der Waals surface area (Å²) in [5.74, 6) is 2.01. The van der Waals surface area contributed by atoms with E-state index in [0.29, 0.717) is 22.4 Å². The number of methoxy groups -OCH3 is 2. The molecule has 0 radical (unpaired) electrons. The molecule has 4 heteroatoms. The first-order valence-corrected chi connectivity index (χ1v) is 7.00. The van der Waals surface area contributed by atoms with Gasteiger partial charge in [0.25, 0.3) is 0 Å². The number of rotatable bonds is 7. The van der Waals surface area contributed by atoms with Crippen molar-refractivity contribution in [3.8, 4) is 11.5 Å². The highest BCUT2D eigenvalue weighted by atomic mass is 35.5. The molecular weight excluding hydrogens is 262 g/mol. The largest absolute Gasteiger partial charge is 0.495 e. The molecule has 0 heterocycles. The molecule has 0 bridgehead atoms. The quantitative estimate of drug-likeness (QED) is 0.820. The molecule has 0 aromatic heterocycles. The third-order valence-electron chi connectivity index (χ3n) is 3.27. The van der Waals surface area contributed by atoms with E-state index >= 15 is 0 Å². The van der Waals surface area contributed by atoms with Crippen molar-refractivity contribution in [2.75, 3.05) is 21.3 Å².